The van der Waals surface area contributed by atoms with E-state index in [1.807, 2.05) is 17.0 Å². The molecule has 33 heavy (non-hydrogen) atoms. The van der Waals surface area contributed by atoms with Gasteiger partial charge in [0, 0.05) is 46.3 Å². The fraction of sp³-hybridized carbons (Fsp3) is 0.607. The van der Waals surface area contributed by atoms with Crippen molar-refractivity contribution in [3.8, 4) is 0 Å². The molecule has 0 radical (unpaired) electrons. The topological polar surface area (TPSA) is 45.9 Å². The highest BCUT2D eigenvalue weighted by molar-refractivity contribution is 5.91. The molecule has 0 unspecified atom stereocenters. The van der Waals surface area contributed by atoms with E-state index in [9.17, 15) is 4.79 Å². The first-order valence-corrected chi connectivity index (χ1v) is 12.3. The Bertz CT molecular complexity index is 997. The second kappa shape index (κ2) is 9.27. The lowest BCUT2D eigenvalue weighted by Crippen LogP contribution is -2.49. The Kier molecular flexibility index (Phi) is 6.75. The van der Waals surface area contributed by atoms with E-state index in [0.717, 1.165) is 45.1 Å². The summed E-state index contributed by atoms with van der Waals surface area (Å²) in [6.45, 7) is 16.5. The molecule has 1 aromatic heterocycles. The second-order valence-electron chi connectivity index (χ2n) is 11.2. The molecule has 1 aliphatic carbocycles. The monoisotopic (exact) mass is 452 g/mol. The van der Waals surface area contributed by atoms with Gasteiger partial charge in [-0.05, 0) is 65.0 Å². The SMILES string of the molecule is COCCN1CCN(C(=O)c2ccc(Cc3cc4c(cc3C)C(C)(C)CCC4(C)C)o2)CC1. The summed E-state index contributed by atoms with van der Waals surface area (Å²) in [5.41, 5.74) is 5.94. The molecule has 5 heteroatoms. The zero-order chi connectivity index (χ0) is 23.8. The van der Waals surface area contributed by atoms with Crippen molar-refractivity contribution >= 4 is 5.91 Å². The largest absolute Gasteiger partial charge is 0.456 e. The van der Waals surface area contributed by atoms with E-state index in [0.29, 0.717) is 12.2 Å². The molecule has 1 amide bonds. The van der Waals surface area contributed by atoms with Crippen molar-refractivity contribution in [2.75, 3.05) is 46.4 Å². The molecule has 0 atom stereocenters. The standard InChI is InChI=1S/C28H40N2O3/c1-20-17-23-24(28(4,5)10-9-27(23,2)3)19-21(20)18-22-7-8-25(33-22)26(31)30-13-11-29(12-14-30)15-16-32-6/h7-8,17,19H,9-16,18H2,1-6H3. The van der Waals surface area contributed by atoms with Gasteiger partial charge in [-0.1, -0.05) is 39.8 Å². The predicted molar refractivity (Wildman–Crippen MR) is 132 cm³/mol. The summed E-state index contributed by atoms with van der Waals surface area (Å²) in [5.74, 6) is 1.30. The molecule has 0 bridgehead atoms. The number of hydrogen-bond acceptors (Lipinski definition) is 4. The van der Waals surface area contributed by atoms with Gasteiger partial charge in [-0.3, -0.25) is 9.69 Å². The number of amides is 1. The highest BCUT2D eigenvalue weighted by Gasteiger charge is 2.37. The predicted octanol–water partition coefficient (Wildman–Crippen LogP) is 4.93. The number of nitrogens with zero attached hydrogens (tertiary/aromatic N) is 2. The normalized spacial score (nSPS) is 20.0. The minimum Gasteiger partial charge on any atom is -0.456 e. The lowest BCUT2D eigenvalue weighted by Gasteiger charge is -2.42. The van der Waals surface area contributed by atoms with Crippen molar-refractivity contribution in [3.05, 3.63) is 58.0 Å². The molecule has 4 rings (SSSR count). The van der Waals surface area contributed by atoms with Crippen molar-refractivity contribution in [2.24, 2.45) is 0 Å². The van der Waals surface area contributed by atoms with E-state index in [-0.39, 0.29) is 16.7 Å². The molecule has 0 spiro atoms. The summed E-state index contributed by atoms with van der Waals surface area (Å²) < 4.78 is 11.2. The van der Waals surface area contributed by atoms with Crippen molar-refractivity contribution < 1.29 is 13.9 Å². The minimum absolute atomic E-state index is 0.00214. The van der Waals surface area contributed by atoms with E-state index in [4.69, 9.17) is 9.15 Å². The van der Waals surface area contributed by atoms with E-state index in [1.54, 1.807) is 7.11 Å². The Labute approximate surface area is 199 Å². The van der Waals surface area contributed by atoms with Crippen LogP contribution in [-0.2, 0) is 22.0 Å². The number of aryl methyl sites for hydroxylation is 1. The van der Waals surface area contributed by atoms with Crippen LogP contribution in [0, 0.1) is 6.92 Å². The lowest BCUT2D eigenvalue weighted by molar-refractivity contribution is 0.0564. The quantitative estimate of drug-likeness (QED) is 0.623. The molecule has 2 aromatic rings. The molecular formula is C28H40N2O3. The van der Waals surface area contributed by atoms with Gasteiger partial charge in [0.2, 0.25) is 0 Å². The number of ether oxygens (including phenoxy) is 1. The maximum Gasteiger partial charge on any atom is 0.289 e. The molecule has 1 aromatic carbocycles. The number of carbonyl (C=O) groups excluding carboxylic acids is 1. The van der Waals surface area contributed by atoms with Crippen LogP contribution >= 0.6 is 0 Å². The van der Waals surface area contributed by atoms with E-state index < -0.39 is 0 Å². The van der Waals surface area contributed by atoms with E-state index in [1.165, 1.54) is 35.1 Å². The van der Waals surface area contributed by atoms with Gasteiger partial charge in [0.25, 0.3) is 5.91 Å². The minimum atomic E-state index is -0.00214. The number of hydrogen-bond donors (Lipinski definition) is 0. The van der Waals surface area contributed by atoms with E-state index in [2.05, 4.69) is 51.7 Å². The Morgan fingerprint density at radius 3 is 2.27 bits per heavy atom. The Hall–Kier alpha value is -2.11. The third-order valence-electron chi connectivity index (χ3n) is 7.82. The fourth-order valence-electron chi connectivity index (χ4n) is 5.28. The van der Waals surface area contributed by atoms with Crippen LogP contribution in [0.3, 0.4) is 0 Å². The van der Waals surface area contributed by atoms with Crippen LogP contribution in [0.2, 0.25) is 0 Å². The number of rotatable bonds is 6. The molecule has 1 aliphatic heterocycles. The molecular weight excluding hydrogens is 412 g/mol. The van der Waals surface area contributed by atoms with Crippen LogP contribution in [-0.4, -0.2) is 62.1 Å². The van der Waals surface area contributed by atoms with Gasteiger partial charge in [-0.15, -0.1) is 0 Å². The number of methoxy groups -OCH3 is 1. The molecule has 1 saturated heterocycles. The Balaban J connectivity index is 1.47. The first-order chi connectivity index (χ1) is 15.6. The summed E-state index contributed by atoms with van der Waals surface area (Å²) in [4.78, 5) is 17.2. The average molecular weight is 453 g/mol. The molecule has 180 valence electrons. The van der Waals surface area contributed by atoms with Crippen LogP contribution in [0.15, 0.2) is 28.7 Å². The zero-order valence-electron chi connectivity index (χ0n) is 21.3. The van der Waals surface area contributed by atoms with Gasteiger partial charge in [0.05, 0.1) is 6.61 Å². The van der Waals surface area contributed by atoms with Crippen LogP contribution in [0.25, 0.3) is 0 Å². The Morgan fingerprint density at radius 1 is 1.00 bits per heavy atom. The summed E-state index contributed by atoms with van der Waals surface area (Å²) in [6.07, 6.45) is 3.14. The second-order valence-corrected chi connectivity index (χ2v) is 11.2. The molecule has 5 nitrogen and oxygen atoms in total. The van der Waals surface area contributed by atoms with Gasteiger partial charge in [0.1, 0.15) is 5.76 Å². The first kappa shape index (κ1) is 24.0. The number of carbonyl (C=O) groups is 1. The molecule has 0 N–H and O–H groups in total. The maximum atomic E-state index is 13.0. The summed E-state index contributed by atoms with van der Waals surface area (Å²) in [6, 6.07) is 8.60. The highest BCUT2D eigenvalue weighted by atomic mass is 16.5. The molecule has 0 saturated carbocycles. The van der Waals surface area contributed by atoms with Crippen molar-refractivity contribution in [1.29, 1.82) is 0 Å². The van der Waals surface area contributed by atoms with Crippen LogP contribution in [0.4, 0.5) is 0 Å². The van der Waals surface area contributed by atoms with Gasteiger partial charge >= 0.3 is 0 Å². The third-order valence-corrected chi connectivity index (χ3v) is 7.82. The molecule has 2 aliphatic rings. The fourth-order valence-corrected chi connectivity index (χ4v) is 5.28. The first-order valence-electron chi connectivity index (χ1n) is 12.3. The maximum absolute atomic E-state index is 13.0. The third kappa shape index (κ3) is 5.04. The highest BCUT2D eigenvalue weighted by Crippen LogP contribution is 2.46. The number of benzene rings is 1. The van der Waals surface area contributed by atoms with Gasteiger partial charge in [-0.25, -0.2) is 0 Å². The van der Waals surface area contributed by atoms with Gasteiger partial charge in [0.15, 0.2) is 5.76 Å². The summed E-state index contributed by atoms with van der Waals surface area (Å²) >= 11 is 0. The van der Waals surface area contributed by atoms with Gasteiger partial charge in [-0.2, -0.15) is 0 Å². The average Bonchev–Trinajstić information content (AvgIpc) is 3.25. The van der Waals surface area contributed by atoms with E-state index >= 15 is 0 Å². The number of piperazine rings is 1. The zero-order valence-corrected chi connectivity index (χ0v) is 21.3. The number of furan rings is 1. The van der Waals surface area contributed by atoms with Gasteiger partial charge < -0.3 is 14.1 Å². The number of fused-ring (bicyclic) bond motifs is 1. The molecule has 2 heterocycles. The summed E-state index contributed by atoms with van der Waals surface area (Å²) in [7, 11) is 1.72. The lowest BCUT2D eigenvalue weighted by atomic mass is 9.62. The van der Waals surface area contributed by atoms with Crippen LogP contribution < -0.4 is 0 Å². The van der Waals surface area contributed by atoms with Crippen LogP contribution in [0.5, 0.6) is 0 Å². The summed E-state index contributed by atoms with van der Waals surface area (Å²) in [5, 5.41) is 0. The molecule has 1 fully saturated rings. The smallest absolute Gasteiger partial charge is 0.289 e. The van der Waals surface area contributed by atoms with Crippen molar-refractivity contribution in [2.45, 2.75) is 64.7 Å². The van der Waals surface area contributed by atoms with Crippen molar-refractivity contribution in [3.63, 3.8) is 0 Å². The van der Waals surface area contributed by atoms with Crippen LogP contribution in [0.1, 0.15) is 79.1 Å². The Morgan fingerprint density at radius 2 is 1.64 bits per heavy atom. The van der Waals surface area contributed by atoms with Crippen molar-refractivity contribution in [1.82, 2.24) is 9.80 Å².